The molecule has 2 N–H and O–H groups in total. The number of halogens is 4. The first-order chi connectivity index (χ1) is 15.9. The number of carbonyl (C=O) groups is 1. The van der Waals surface area contributed by atoms with Gasteiger partial charge in [0.1, 0.15) is 5.82 Å². The molecule has 0 aliphatic rings. The molecule has 34 heavy (non-hydrogen) atoms. The SMILES string of the molecule is CC(C)NS(=O)(=O)Cc1ccc(CNC(=O)c2nnn(-c3ccc(F)cc3)c2C(F)(F)F)cc1. The summed E-state index contributed by atoms with van der Waals surface area (Å²) < 4.78 is 81.1. The van der Waals surface area contributed by atoms with Crippen LogP contribution in [0.5, 0.6) is 0 Å². The lowest BCUT2D eigenvalue weighted by atomic mass is 10.1. The number of sulfonamides is 1. The summed E-state index contributed by atoms with van der Waals surface area (Å²) in [6.07, 6.45) is -4.96. The van der Waals surface area contributed by atoms with E-state index in [1.165, 1.54) is 0 Å². The van der Waals surface area contributed by atoms with Gasteiger partial charge >= 0.3 is 6.18 Å². The van der Waals surface area contributed by atoms with E-state index in [1.54, 1.807) is 38.1 Å². The van der Waals surface area contributed by atoms with E-state index in [0.29, 0.717) is 15.8 Å². The molecule has 0 saturated heterocycles. The second-order valence-electron chi connectivity index (χ2n) is 7.70. The molecule has 1 heterocycles. The van der Waals surface area contributed by atoms with Crippen LogP contribution in [0, 0.1) is 5.82 Å². The number of aromatic nitrogens is 3. The lowest BCUT2D eigenvalue weighted by molar-refractivity contribution is -0.143. The summed E-state index contributed by atoms with van der Waals surface area (Å²) in [5.41, 5.74) is -1.40. The summed E-state index contributed by atoms with van der Waals surface area (Å²) in [5, 5.41) is 9.16. The molecule has 2 aromatic carbocycles. The number of hydrogen-bond donors (Lipinski definition) is 2. The Balaban J connectivity index is 1.73. The lowest BCUT2D eigenvalue weighted by Gasteiger charge is -2.12. The molecule has 0 spiro atoms. The fourth-order valence-corrected chi connectivity index (χ4v) is 4.52. The number of carbonyl (C=O) groups excluding carboxylic acids is 1. The van der Waals surface area contributed by atoms with Crippen LogP contribution < -0.4 is 10.0 Å². The van der Waals surface area contributed by atoms with Crippen molar-refractivity contribution in [3.05, 3.63) is 76.9 Å². The minimum atomic E-state index is -4.96. The minimum absolute atomic E-state index is 0.113. The van der Waals surface area contributed by atoms with E-state index in [2.05, 4.69) is 20.4 Å². The van der Waals surface area contributed by atoms with Gasteiger partial charge in [0.25, 0.3) is 5.91 Å². The van der Waals surface area contributed by atoms with Gasteiger partial charge in [-0.3, -0.25) is 4.79 Å². The molecule has 0 aliphatic carbocycles. The van der Waals surface area contributed by atoms with Gasteiger partial charge in [0.2, 0.25) is 10.0 Å². The predicted octanol–water partition coefficient (Wildman–Crippen LogP) is 3.18. The molecule has 0 fully saturated rings. The molecule has 0 saturated carbocycles. The van der Waals surface area contributed by atoms with Gasteiger partial charge in [-0.2, -0.15) is 13.2 Å². The Morgan fingerprint density at radius 3 is 2.18 bits per heavy atom. The van der Waals surface area contributed by atoms with Gasteiger partial charge in [-0.05, 0) is 49.2 Å². The Morgan fingerprint density at radius 1 is 1.03 bits per heavy atom. The van der Waals surface area contributed by atoms with Gasteiger partial charge in [-0.1, -0.05) is 29.5 Å². The summed E-state index contributed by atoms with van der Waals surface area (Å²) in [6.45, 7) is 3.27. The van der Waals surface area contributed by atoms with Gasteiger partial charge in [0.15, 0.2) is 11.4 Å². The Bertz CT molecular complexity index is 1260. The number of rotatable bonds is 8. The van der Waals surface area contributed by atoms with Crippen LogP contribution in [0.3, 0.4) is 0 Å². The highest BCUT2D eigenvalue weighted by molar-refractivity contribution is 7.88. The quantitative estimate of drug-likeness (QED) is 0.463. The highest BCUT2D eigenvalue weighted by Crippen LogP contribution is 2.32. The molecular weight excluding hydrogens is 478 g/mol. The summed E-state index contributed by atoms with van der Waals surface area (Å²) in [7, 11) is -3.51. The van der Waals surface area contributed by atoms with E-state index >= 15 is 0 Å². The Morgan fingerprint density at radius 2 is 1.62 bits per heavy atom. The summed E-state index contributed by atoms with van der Waals surface area (Å²) >= 11 is 0. The lowest BCUT2D eigenvalue weighted by Crippen LogP contribution is -2.31. The highest BCUT2D eigenvalue weighted by Gasteiger charge is 2.42. The number of amides is 1. The maximum absolute atomic E-state index is 13.7. The Hall–Kier alpha value is -3.32. The van der Waals surface area contributed by atoms with Crippen molar-refractivity contribution in [1.29, 1.82) is 0 Å². The Kier molecular flexibility index (Phi) is 7.36. The predicted molar refractivity (Wildman–Crippen MR) is 115 cm³/mol. The fraction of sp³-hybridized carbons (Fsp3) is 0.286. The molecule has 0 radical (unpaired) electrons. The molecule has 0 unspecified atom stereocenters. The number of hydrogen-bond acceptors (Lipinski definition) is 5. The van der Waals surface area contributed by atoms with Crippen molar-refractivity contribution in [3.8, 4) is 5.69 Å². The van der Waals surface area contributed by atoms with Gasteiger partial charge in [0, 0.05) is 12.6 Å². The first-order valence-corrected chi connectivity index (χ1v) is 11.7. The molecule has 8 nitrogen and oxygen atoms in total. The smallest absolute Gasteiger partial charge is 0.346 e. The normalized spacial score (nSPS) is 12.2. The molecule has 182 valence electrons. The van der Waals surface area contributed by atoms with Gasteiger partial charge in [-0.15, -0.1) is 5.10 Å². The molecule has 1 amide bonds. The third-order valence-corrected chi connectivity index (χ3v) is 6.02. The second-order valence-corrected chi connectivity index (χ2v) is 9.46. The zero-order chi connectivity index (χ0) is 25.1. The maximum Gasteiger partial charge on any atom is 0.435 e. The topological polar surface area (TPSA) is 106 Å². The van der Waals surface area contributed by atoms with Crippen LogP contribution in [0.1, 0.15) is 41.2 Å². The number of nitrogens with zero attached hydrogens (tertiary/aromatic N) is 3. The van der Waals surface area contributed by atoms with Crippen LogP contribution in [0.25, 0.3) is 5.69 Å². The molecule has 3 rings (SSSR count). The van der Waals surface area contributed by atoms with E-state index < -0.39 is 39.3 Å². The number of alkyl halides is 3. The van der Waals surface area contributed by atoms with Crippen LogP contribution in [-0.2, 0) is 28.5 Å². The minimum Gasteiger partial charge on any atom is -0.346 e. The second kappa shape index (κ2) is 9.89. The third-order valence-electron chi connectivity index (χ3n) is 4.47. The molecule has 0 atom stereocenters. The first-order valence-electron chi connectivity index (χ1n) is 10.0. The Labute approximate surface area is 193 Å². The fourth-order valence-electron chi connectivity index (χ4n) is 3.09. The number of nitrogens with one attached hydrogen (secondary N) is 2. The van der Waals surface area contributed by atoms with E-state index in [4.69, 9.17) is 0 Å². The maximum atomic E-state index is 13.7. The number of benzene rings is 2. The monoisotopic (exact) mass is 499 g/mol. The van der Waals surface area contributed by atoms with Crippen LogP contribution in [0.2, 0.25) is 0 Å². The third kappa shape index (κ3) is 6.38. The van der Waals surface area contributed by atoms with Crippen molar-refractivity contribution >= 4 is 15.9 Å². The van der Waals surface area contributed by atoms with Crippen molar-refractivity contribution in [3.63, 3.8) is 0 Å². The summed E-state index contributed by atoms with van der Waals surface area (Å²) in [6, 6.07) is 10.1. The van der Waals surface area contributed by atoms with Gasteiger partial charge in [-0.25, -0.2) is 22.2 Å². The standard InChI is InChI=1S/C21H21F4N5O3S/c1-13(2)28-34(32,33)12-15-5-3-14(4-6-15)11-26-20(31)18-19(21(23,24)25)30(29-27-18)17-9-7-16(22)8-10-17/h3-10,13,28H,11-12H2,1-2H3,(H,26,31). The zero-order valence-electron chi connectivity index (χ0n) is 18.1. The average molecular weight is 499 g/mol. The van der Waals surface area contributed by atoms with Crippen LogP contribution in [0.4, 0.5) is 17.6 Å². The van der Waals surface area contributed by atoms with E-state index in [9.17, 15) is 30.8 Å². The van der Waals surface area contributed by atoms with Gasteiger partial charge in [0.05, 0.1) is 11.4 Å². The molecular formula is C21H21F4N5O3S. The summed E-state index contributed by atoms with van der Waals surface area (Å²) in [5.74, 6) is -1.98. The molecule has 1 aromatic heterocycles. The van der Waals surface area contributed by atoms with Crippen molar-refractivity contribution in [2.24, 2.45) is 0 Å². The van der Waals surface area contributed by atoms with E-state index in [0.717, 1.165) is 24.3 Å². The van der Waals surface area contributed by atoms with E-state index in [-0.39, 0.29) is 24.0 Å². The molecule has 13 heteroatoms. The van der Waals surface area contributed by atoms with Crippen molar-refractivity contribution in [1.82, 2.24) is 25.0 Å². The zero-order valence-corrected chi connectivity index (χ0v) is 18.9. The molecule has 0 bridgehead atoms. The molecule has 3 aromatic rings. The summed E-state index contributed by atoms with van der Waals surface area (Å²) in [4.78, 5) is 12.5. The molecule has 0 aliphatic heterocycles. The largest absolute Gasteiger partial charge is 0.435 e. The van der Waals surface area contributed by atoms with E-state index in [1.807, 2.05) is 0 Å². The first kappa shape index (κ1) is 25.3. The average Bonchev–Trinajstić information content (AvgIpc) is 3.18. The van der Waals surface area contributed by atoms with Crippen LogP contribution >= 0.6 is 0 Å². The van der Waals surface area contributed by atoms with Gasteiger partial charge < -0.3 is 5.32 Å². The van der Waals surface area contributed by atoms with Crippen LogP contribution in [-0.4, -0.2) is 35.4 Å². The van der Waals surface area contributed by atoms with Crippen molar-refractivity contribution < 1.29 is 30.8 Å². The van der Waals surface area contributed by atoms with Crippen LogP contribution in [0.15, 0.2) is 48.5 Å². The van der Waals surface area contributed by atoms with Crippen molar-refractivity contribution in [2.45, 2.75) is 38.4 Å². The van der Waals surface area contributed by atoms with Crippen molar-refractivity contribution in [2.75, 3.05) is 0 Å². The highest BCUT2D eigenvalue weighted by atomic mass is 32.2.